The first-order valence-electron chi connectivity index (χ1n) is 7.48. The Hall–Kier alpha value is -2.64. The smallest absolute Gasteiger partial charge is 0.316 e. The highest BCUT2D eigenvalue weighted by Crippen LogP contribution is 2.20. The number of anilines is 1. The van der Waals surface area contributed by atoms with E-state index >= 15 is 0 Å². The van der Waals surface area contributed by atoms with Crippen molar-refractivity contribution in [3.63, 3.8) is 0 Å². The van der Waals surface area contributed by atoms with Crippen LogP contribution in [-0.2, 0) is 20.8 Å². The van der Waals surface area contributed by atoms with Gasteiger partial charge in [0.25, 0.3) is 0 Å². The number of aryl methyl sites for hydroxylation is 1. The molecule has 0 aliphatic heterocycles. The van der Waals surface area contributed by atoms with E-state index in [9.17, 15) is 4.79 Å². The van der Waals surface area contributed by atoms with Crippen molar-refractivity contribution >= 4 is 23.1 Å². The van der Waals surface area contributed by atoms with Crippen LogP contribution in [0.25, 0.3) is 11.2 Å². The molecule has 0 saturated carbocycles. The van der Waals surface area contributed by atoms with Crippen LogP contribution in [0.1, 0.15) is 20.3 Å². The number of nitrogen functional groups attached to an aromatic ring is 1. The first kappa shape index (κ1) is 16.7. The van der Waals surface area contributed by atoms with E-state index in [0.29, 0.717) is 43.1 Å². The van der Waals surface area contributed by atoms with Crippen LogP contribution in [0, 0.1) is 5.92 Å². The molecule has 2 rings (SSSR count). The summed E-state index contributed by atoms with van der Waals surface area (Å²) in [6.07, 6.45) is 3.67. The number of carbonyl (C=O) groups excluding carboxylic acids is 1. The summed E-state index contributed by atoms with van der Waals surface area (Å²) in [5.74, 6) is -0.291. The Balaban J connectivity index is 2.14. The highest BCUT2D eigenvalue weighted by molar-refractivity contribution is 5.75. The summed E-state index contributed by atoms with van der Waals surface area (Å²) >= 11 is 0. The van der Waals surface area contributed by atoms with Gasteiger partial charge in [-0.05, 0) is 20.3 Å². The fourth-order valence-electron chi connectivity index (χ4n) is 2.24. The van der Waals surface area contributed by atoms with Crippen LogP contribution in [0.4, 0.5) is 5.95 Å². The molecule has 0 aliphatic rings. The number of fused-ring (bicyclic) bond motifs is 1. The van der Waals surface area contributed by atoms with Crippen molar-refractivity contribution in [2.24, 2.45) is 5.92 Å². The van der Waals surface area contributed by atoms with Gasteiger partial charge >= 0.3 is 5.97 Å². The van der Waals surface area contributed by atoms with Crippen molar-refractivity contribution < 1.29 is 14.3 Å². The Kier molecular flexibility index (Phi) is 5.51. The summed E-state index contributed by atoms with van der Waals surface area (Å²) in [4.78, 5) is 24.4. The average Bonchev–Trinajstić information content (AvgIpc) is 2.90. The SMILES string of the molecule is C=C(OCC)C(CCn1cnc2cnc(N)nc21)C(=O)OCC. The van der Waals surface area contributed by atoms with E-state index in [1.807, 2.05) is 11.5 Å². The molecule has 0 fully saturated rings. The molecule has 2 aromatic heterocycles. The number of carbonyl (C=O) groups is 1. The molecule has 0 aromatic carbocycles. The third kappa shape index (κ3) is 3.97. The molecule has 124 valence electrons. The molecule has 1 unspecified atom stereocenters. The lowest BCUT2D eigenvalue weighted by molar-refractivity contribution is -0.148. The Morgan fingerprint density at radius 3 is 2.78 bits per heavy atom. The highest BCUT2D eigenvalue weighted by Gasteiger charge is 2.24. The highest BCUT2D eigenvalue weighted by atomic mass is 16.5. The number of rotatable bonds is 8. The molecule has 0 aliphatic carbocycles. The Morgan fingerprint density at radius 2 is 2.09 bits per heavy atom. The van der Waals surface area contributed by atoms with Gasteiger partial charge in [-0.1, -0.05) is 6.58 Å². The second kappa shape index (κ2) is 7.57. The number of esters is 1. The Morgan fingerprint density at radius 1 is 1.35 bits per heavy atom. The summed E-state index contributed by atoms with van der Waals surface area (Å²) in [7, 11) is 0. The number of hydrogen-bond acceptors (Lipinski definition) is 7. The lowest BCUT2D eigenvalue weighted by Gasteiger charge is -2.18. The molecular formula is C15H21N5O3. The third-order valence-corrected chi connectivity index (χ3v) is 3.33. The molecular weight excluding hydrogens is 298 g/mol. The van der Waals surface area contributed by atoms with E-state index in [-0.39, 0.29) is 11.9 Å². The van der Waals surface area contributed by atoms with Gasteiger partial charge in [0.1, 0.15) is 17.2 Å². The van der Waals surface area contributed by atoms with Crippen molar-refractivity contribution in [2.75, 3.05) is 18.9 Å². The van der Waals surface area contributed by atoms with Crippen LogP contribution in [-0.4, -0.2) is 38.7 Å². The fraction of sp³-hybridized carbons (Fsp3) is 0.467. The van der Waals surface area contributed by atoms with Gasteiger partial charge in [-0.15, -0.1) is 0 Å². The van der Waals surface area contributed by atoms with Gasteiger partial charge in [-0.25, -0.2) is 9.97 Å². The Bertz CT molecular complexity index is 679. The van der Waals surface area contributed by atoms with E-state index in [1.54, 1.807) is 19.4 Å². The maximum Gasteiger partial charge on any atom is 0.316 e. The summed E-state index contributed by atoms with van der Waals surface area (Å²) < 4.78 is 12.3. The van der Waals surface area contributed by atoms with Gasteiger partial charge in [0.05, 0.1) is 25.7 Å². The number of nitrogens with two attached hydrogens (primary N) is 1. The fourth-order valence-corrected chi connectivity index (χ4v) is 2.24. The first-order valence-corrected chi connectivity index (χ1v) is 7.48. The molecule has 0 saturated heterocycles. The standard InChI is InChI=1S/C15H21N5O3/c1-4-22-10(3)11(14(21)23-5-2)6-7-20-9-18-12-8-17-15(16)19-13(12)20/h8-9,11H,3-7H2,1-2H3,(H2,16,17,19). The van der Waals surface area contributed by atoms with E-state index in [2.05, 4.69) is 21.5 Å². The molecule has 23 heavy (non-hydrogen) atoms. The van der Waals surface area contributed by atoms with Crippen LogP contribution in [0.5, 0.6) is 0 Å². The third-order valence-electron chi connectivity index (χ3n) is 3.33. The zero-order valence-electron chi connectivity index (χ0n) is 13.4. The maximum atomic E-state index is 12.1. The van der Waals surface area contributed by atoms with Crippen molar-refractivity contribution in [1.29, 1.82) is 0 Å². The normalized spacial score (nSPS) is 12.1. The van der Waals surface area contributed by atoms with Crippen LogP contribution in [0.2, 0.25) is 0 Å². The van der Waals surface area contributed by atoms with Gasteiger partial charge in [0.2, 0.25) is 5.95 Å². The first-order chi connectivity index (χ1) is 11.1. The molecule has 8 heteroatoms. The molecule has 2 heterocycles. The van der Waals surface area contributed by atoms with E-state index in [1.165, 1.54) is 0 Å². The second-order valence-electron chi connectivity index (χ2n) is 4.87. The van der Waals surface area contributed by atoms with E-state index < -0.39 is 5.92 Å². The minimum absolute atomic E-state index is 0.180. The second-order valence-corrected chi connectivity index (χ2v) is 4.87. The minimum atomic E-state index is -0.536. The summed E-state index contributed by atoms with van der Waals surface area (Å²) in [5.41, 5.74) is 6.89. The van der Waals surface area contributed by atoms with Crippen molar-refractivity contribution in [3.8, 4) is 0 Å². The predicted octanol–water partition coefficient (Wildman–Crippen LogP) is 1.53. The predicted molar refractivity (Wildman–Crippen MR) is 85.2 cm³/mol. The van der Waals surface area contributed by atoms with Crippen molar-refractivity contribution in [2.45, 2.75) is 26.8 Å². The molecule has 0 spiro atoms. The quantitative estimate of drug-likeness (QED) is 0.581. The molecule has 2 N–H and O–H groups in total. The minimum Gasteiger partial charge on any atom is -0.498 e. The molecule has 2 aromatic rings. The van der Waals surface area contributed by atoms with Gasteiger partial charge in [0, 0.05) is 6.54 Å². The molecule has 8 nitrogen and oxygen atoms in total. The van der Waals surface area contributed by atoms with Crippen LogP contribution >= 0.6 is 0 Å². The average molecular weight is 319 g/mol. The molecule has 0 amide bonds. The Labute approximate surface area is 134 Å². The van der Waals surface area contributed by atoms with Gasteiger partial charge < -0.3 is 19.8 Å². The van der Waals surface area contributed by atoms with Crippen LogP contribution < -0.4 is 5.73 Å². The number of ether oxygens (including phenoxy) is 2. The van der Waals surface area contributed by atoms with Gasteiger partial charge in [-0.3, -0.25) is 4.79 Å². The van der Waals surface area contributed by atoms with E-state index in [0.717, 1.165) is 0 Å². The number of aromatic nitrogens is 4. The molecule has 0 bridgehead atoms. The number of hydrogen-bond donors (Lipinski definition) is 1. The largest absolute Gasteiger partial charge is 0.498 e. The van der Waals surface area contributed by atoms with Gasteiger partial charge in [0.15, 0.2) is 5.65 Å². The zero-order valence-corrected chi connectivity index (χ0v) is 13.4. The van der Waals surface area contributed by atoms with E-state index in [4.69, 9.17) is 15.2 Å². The van der Waals surface area contributed by atoms with Crippen LogP contribution in [0.3, 0.4) is 0 Å². The molecule has 1 atom stereocenters. The summed E-state index contributed by atoms with van der Waals surface area (Å²) in [6, 6.07) is 0. The van der Waals surface area contributed by atoms with Crippen molar-refractivity contribution in [3.05, 3.63) is 24.9 Å². The number of imidazole rings is 1. The van der Waals surface area contributed by atoms with Crippen LogP contribution in [0.15, 0.2) is 24.9 Å². The maximum absolute atomic E-state index is 12.1. The van der Waals surface area contributed by atoms with Crippen molar-refractivity contribution in [1.82, 2.24) is 19.5 Å². The number of nitrogens with zero attached hydrogens (tertiary/aromatic N) is 4. The topological polar surface area (TPSA) is 105 Å². The van der Waals surface area contributed by atoms with Gasteiger partial charge in [-0.2, -0.15) is 4.98 Å². The lowest BCUT2D eigenvalue weighted by Crippen LogP contribution is -2.22. The zero-order chi connectivity index (χ0) is 16.8. The monoisotopic (exact) mass is 319 g/mol. The lowest BCUT2D eigenvalue weighted by atomic mass is 10.0. The summed E-state index contributed by atoms with van der Waals surface area (Å²) in [6.45, 7) is 8.71. The summed E-state index contributed by atoms with van der Waals surface area (Å²) in [5, 5.41) is 0. The molecule has 0 radical (unpaired) electrons.